The molecule has 0 aromatic carbocycles. The molecule has 1 aliphatic heterocycles. The molecule has 0 bridgehead atoms. The van der Waals surface area contributed by atoms with Gasteiger partial charge < -0.3 is 16.4 Å². The van der Waals surface area contributed by atoms with Crippen LogP contribution >= 0.6 is 0 Å². The number of aromatic nitrogens is 2. The van der Waals surface area contributed by atoms with Gasteiger partial charge in [-0.3, -0.25) is 9.59 Å². The minimum Gasteiger partial charge on any atom is -0.370 e. The summed E-state index contributed by atoms with van der Waals surface area (Å²) in [5.41, 5.74) is 12.1. The van der Waals surface area contributed by atoms with E-state index in [1.54, 1.807) is 18.7 Å². The number of carbonyl (C=O) groups is 2. The Balaban J connectivity index is 2.30. The van der Waals surface area contributed by atoms with Crippen LogP contribution in [0.1, 0.15) is 41.1 Å². The van der Waals surface area contributed by atoms with Gasteiger partial charge in [0.1, 0.15) is 5.82 Å². The van der Waals surface area contributed by atoms with Crippen molar-refractivity contribution in [3.63, 3.8) is 0 Å². The topological polar surface area (TPSA) is 115 Å². The Morgan fingerprint density at radius 3 is 2.57 bits per heavy atom. The predicted molar refractivity (Wildman–Crippen MR) is 77.4 cm³/mol. The van der Waals surface area contributed by atoms with Crippen LogP contribution in [0.3, 0.4) is 0 Å². The van der Waals surface area contributed by atoms with Gasteiger partial charge in [-0.1, -0.05) is 0 Å². The van der Waals surface area contributed by atoms with Crippen molar-refractivity contribution in [1.82, 2.24) is 14.9 Å². The molecule has 2 rings (SSSR count). The van der Waals surface area contributed by atoms with E-state index in [9.17, 15) is 9.59 Å². The zero-order chi connectivity index (χ0) is 15.6. The Hall–Kier alpha value is -2.02. The van der Waals surface area contributed by atoms with E-state index >= 15 is 0 Å². The quantitative estimate of drug-likeness (QED) is 0.803. The fourth-order valence-electron chi connectivity index (χ4n) is 2.89. The maximum absolute atomic E-state index is 12.8. The van der Waals surface area contributed by atoms with Crippen molar-refractivity contribution < 1.29 is 9.59 Å². The lowest BCUT2D eigenvalue weighted by atomic mass is 10.1. The molecule has 0 aliphatic carbocycles. The highest BCUT2D eigenvalue weighted by Gasteiger charge is 2.37. The summed E-state index contributed by atoms with van der Waals surface area (Å²) in [5.74, 6) is 0.0357. The van der Waals surface area contributed by atoms with Gasteiger partial charge >= 0.3 is 0 Å². The average molecular weight is 291 g/mol. The van der Waals surface area contributed by atoms with Crippen LogP contribution in [0.25, 0.3) is 0 Å². The molecule has 7 heteroatoms. The fraction of sp³-hybridized carbons (Fsp3) is 0.571. The first-order valence-corrected chi connectivity index (χ1v) is 7.05. The highest BCUT2D eigenvalue weighted by atomic mass is 16.2. The maximum atomic E-state index is 12.8. The standard InChI is InChI=1S/C14H21N5O2/c1-8-12(7-17-9(2)18-8)14(21)19-10(5-13(16)20)3-4-11(19)6-15/h7,10-11H,3-6,15H2,1-2H3,(H2,16,20)/t10-,11+/m1/s1. The van der Waals surface area contributed by atoms with E-state index in [0.717, 1.165) is 12.8 Å². The van der Waals surface area contributed by atoms with Crippen LogP contribution in [0.2, 0.25) is 0 Å². The average Bonchev–Trinajstić information content (AvgIpc) is 2.80. The number of amides is 2. The molecule has 0 unspecified atom stereocenters. The predicted octanol–water partition coefficient (Wildman–Crippen LogP) is -0.0993. The van der Waals surface area contributed by atoms with Gasteiger partial charge in [0.25, 0.3) is 5.91 Å². The molecule has 1 aromatic heterocycles. The van der Waals surface area contributed by atoms with Crippen molar-refractivity contribution in [2.45, 2.75) is 45.2 Å². The summed E-state index contributed by atoms with van der Waals surface area (Å²) in [6, 6.07) is -0.258. The third kappa shape index (κ3) is 3.18. The minimum absolute atomic E-state index is 0.0671. The summed E-state index contributed by atoms with van der Waals surface area (Å²) in [6.45, 7) is 3.92. The molecule has 21 heavy (non-hydrogen) atoms. The van der Waals surface area contributed by atoms with Gasteiger partial charge in [-0.15, -0.1) is 0 Å². The summed E-state index contributed by atoms with van der Waals surface area (Å²) in [7, 11) is 0. The number of rotatable bonds is 4. The lowest BCUT2D eigenvalue weighted by Crippen LogP contribution is -2.46. The molecule has 1 fully saturated rings. The number of aryl methyl sites for hydroxylation is 2. The third-order valence-electron chi connectivity index (χ3n) is 3.89. The summed E-state index contributed by atoms with van der Waals surface area (Å²) in [4.78, 5) is 34.0. The van der Waals surface area contributed by atoms with E-state index in [1.165, 1.54) is 6.20 Å². The first-order valence-electron chi connectivity index (χ1n) is 7.05. The van der Waals surface area contributed by atoms with E-state index < -0.39 is 5.91 Å². The Kier molecular flexibility index (Phi) is 4.52. The Morgan fingerprint density at radius 1 is 1.33 bits per heavy atom. The monoisotopic (exact) mass is 291 g/mol. The van der Waals surface area contributed by atoms with Crippen LogP contribution in [0.15, 0.2) is 6.20 Å². The van der Waals surface area contributed by atoms with Crippen LogP contribution in [-0.4, -0.2) is 45.3 Å². The molecular weight excluding hydrogens is 270 g/mol. The summed E-state index contributed by atoms with van der Waals surface area (Å²) in [6.07, 6.45) is 3.22. The molecule has 1 saturated heterocycles. The molecule has 0 spiro atoms. The number of hydrogen-bond acceptors (Lipinski definition) is 5. The van der Waals surface area contributed by atoms with Crippen molar-refractivity contribution in [3.8, 4) is 0 Å². The van der Waals surface area contributed by atoms with Crippen LogP contribution < -0.4 is 11.5 Å². The number of carbonyl (C=O) groups excluding carboxylic acids is 2. The molecule has 114 valence electrons. The first kappa shape index (κ1) is 15.4. The van der Waals surface area contributed by atoms with E-state index in [2.05, 4.69) is 9.97 Å². The second-order valence-corrected chi connectivity index (χ2v) is 5.42. The number of hydrogen-bond donors (Lipinski definition) is 2. The molecule has 2 amide bonds. The SMILES string of the molecule is Cc1ncc(C(=O)N2[C@H](CN)CC[C@@H]2CC(N)=O)c(C)n1. The maximum Gasteiger partial charge on any atom is 0.257 e. The van der Waals surface area contributed by atoms with Gasteiger partial charge in [0.05, 0.1) is 11.3 Å². The minimum atomic E-state index is -0.410. The zero-order valence-corrected chi connectivity index (χ0v) is 12.4. The van der Waals surface area contributed by atoms with Crippen molar-refractivity contribution in [3.05, 3.63) is 23.3 Å². The van der Waals surface area contributed by atoms with Crippen LogP contribution in [-0.2, 0) is 4.79 Å². The molecular formula is C14H21N5O2. The highest BCUT2D eigenvalue weighted by Crippen LogP contribution is 2.28. The van der Waals surface area contributed by atoms with Crippen LogP contribution in [0.4, 0.5) is 0 Å². The second-order valence-electron chi connectivity index (χ2n) is 5.42. The van der Waals surface area contributed by atoms with E-state index in [-0.39, 0.29) is 24.4 Å². The Morgan fingerprint density at radius 2 is 2.00 bits per heavy atom. The van der Waals surface area contributed by atoms with Gasteiger partial charge in [0, 0.05) is 31.2 Å². The number of nitrogens with two attached hydrogens (primary N) is 2. The fourth-order valence-corrected chi connectivity index (χ4v) is 2.89. The lowest BCUT2D eigenvalue weighted by molar-refractivity contribution is -0.118. The Bertz CT molecular complexity index is 560. The largest absolute Gasteiger partial charge is 0.370 e. The van der Waals surface area contributed by atoms with Gasteiger partial charge in [-0.2, -0.15) is 0 Å². The Labute approximate surface area is 123 Å². The van der Waals surface area contributed by atoms with Crippen molar-refractivity contribution in [1.29, 1.82) is 0 Å². The van der Waals surface area contributed by atoms with Crippen LogP contribution in [0.5, 0.6) is 0 Å². The zero-order valence-electron chi connectivity index (χ0n) is 12.4. The molecule has 7 nitrogen and oxygen atoms in total. The molecule has 0 radical (unpaired) electrons. The smallest absolute Gasteiger partial charge is 0.257 e. The molecule has 1 aliphatic rings. The number of likely N-dealkylation sites (tertiary alicyclic amines) is 1. The normalized spacial score (nSPS) is 21.6. The third-order valence-corrected chi connectivity index (χ3v) is 3.89. The first-order chi connectivity index (χ1) is 9.93. The van der Waals surface area contributed by atoms with Crippen molar-refractivity contribution >= 4 is 11.8 Å². The summed E-state index contributed by atoms with van der Waals surface area (Å²) >= 11 is 0. The molecule has 2 heterocycles. The molecule has 4 N–H and O–H groups in total. The molecule has 1 aromatic rings. The summed E-state index contributed by atoms with van der Waals surface area (Å²) < 4.78 is 0. The highest BCUT2D eigenvalue weighted by molar-refractivity contribution is 5.95. The van der Waals surface area contributed by atoms with E-state index in [4.69, 9.17) is 11.5 Å². The van der Waals surface area contributed by atoms with Gasteiger partial charge in [0.15, 0.2) is 0 Å². The summed E-state index contributed by atoms with van der Waals surface area (Å²) in [5, 5.41) is 0. The van der Waals surface area contributed by atoms with Crippen LogP contribution in [0, 0.1) is 13.8 Å². The van der Waals surface area contributed by atoms with Gasteiger partial charge in [-0.05, 0) is 26.7 Å². The van der Waals surface area contributed by atoms with E-state index in [1.807, 2.05) is 0 Å². The molecule has 2 atom stereocenters. The van der Waals surface area contributed by atoms with Crippen molar-refractivity contribution in [2.24, 2.45) is 11.5 Å². The number of primary amides is 1. The van der Waals surface area contributed by atoms with E-state index in [0.29, 0.717) is 23.6 Å². The van der Waals surface area contributed by atoms with Gasteiger partial charge in [0.2, 0.25) is 5.91 Å². The van der Waals surface area contributed by atoms with Crippen molar-refractivity contribution in [2.75, 3.05) is 6.54 Å². The second kappa shape index (κ2) is 6.17. The molecule has 0 saturated carbocycles. The van der Waals surface area contributed by atoms with Gasteiger partial charge in [-0.25, -0.2) is 9.97 Å². The number of nitrogens with zero attached hydrogens (tertiary/aromatic N) is 3. The lowest BCUT2D eigenvalue weighted by Gasteiger charge is -2.29.